The Morgan fingerprint density at radius 1 is 1.50 bits per heavy atom. The van der Waals surface area contributed by atoms with Crippen molar-refractivity contribution in [2.24, 2.45) is 0 Å². The van der Waals surface area contributed by atoms with Crippen LogP contribution in [0.5, 0.6) is 0 Å². The number of nitrogens with two attached hydrogens (primary N) is 2. The summed E-state index contributed by atoms with van der Waals surface area (Å²) < 4.78 is 0. The smallest absolute Gasteiger partial charge is 0.124 e. The summed E-state index contributed by atoms with van der Waals surface area (Å²) in [6, 6.07) is 3.33. The first kappa shape index (κ1) is 6.36. The highest BCUT2D eigenvalue weighted by Crippen LogP contribution is 2.09. The van der Waals surface area contributed by atoms with E-state index in [1.807, 2.05) is 6.07 Å². The van der Waals surface area contributed by atoms with Crippen LogP contribution < -0.4 is 11.5 Å². The predicted molar refractivity (Wildman–Crippen MR) is 37.8 cm³/mol. The summed E-state index contributed by atoms with van der Waals surface area (Å²) in [5.41, 5.74) is 11.4. The maximum Gasteiger partial charge on any atom is 0.124 e. The molecule has 0 aliphatic carbocycles. The standard InChI is InChI=1S/C6H6N4/c7-2-4-1-6(9)10-3-5(4)8/h1,3H,8H2,(H2,9,10). The fourth-order valence-corrected chi connectivity index (χ4v) is 0.579. The Labute approximate surface area is 58.1 Å². The normalized spacial score (nSPS) is 8.70. The molecule has 4 heteroatoms. The van der Waals surface area contributed by atoms with E-state index < -0.39 is 0 Å². The number of pyridine rings is 1. The molecule has 0 saturated carbocycles. The number of rotatable bonds is 0. The van der Waals surface area contributed by atoms with Crippen LogP contribution in [0.2, 0.25) is 0 Å². The molecule has 10 heavy (non-hydrogen) atoms. The van der Waals surface area contributed by atoms with E-state index >= 15 is 0 Å². The Bertz CT molecular complexity index is 286. The molecule has 0 aliphatic rings. The minimum atomic E-state index is 0.311. The predicted octanol–water partition coefficient (Wildman–Crippen LogP) is 0.118. The molecule has 0 bridgehead atoms. The third-order valence-corrected chi connectivity index (χ3v) is 1.08. The van der Waals surface area contributed by atoms with Crippen LogP contribution in [0.25, 0.3) is 0 Å². The third kappa shape index (κ3) is 0.977. The van der Waals surface area contributed by atoms with Gasteiger partial charge in [-0.3, -0.25) is 0 Å². The molecule has 50 valence electrons. The third-order valence-electron chi connectivity index (χ3n) is 1.08. The quantitative estimate of drug-likeness (QED) is 0.527. The average Bonchev–Trinajstić information content (AvgIpc) is 1.94. The summed E-state index contributed by atoms with van der Waals surface area (Å²) in [5, 5.41) is 8.43. The molecular weight excluding hydrogens is 128 g/mol. The second-order valence-corrected chi connectivity index (χ2v) is 1.81. The molecule has 0 atom stereocenters. The van der Waals surface area contributed by atoms with E-state index in [0.29, 0.717) is 17.1 Å². The lowest BCUT2D eigenvalue weighted by Gasteiger charge is -1.95. The van der Waals surface area contributed by atoms with Crippen LogP contribution in [0.4, 0.5) is 11.5 Å². The summed E-state index contributed by atoms with van der Waals surface area (Å²) in [6.07, 6.45) is 1.37. The van der Waals surface area contributed by atoms with Crippen molar-refractivity contribution < 1.29 is 0 Å². The molecule has 0 aromatic carbocycles. The first-order valence-electron chi connectivity index (χ1n) is 2.65. The number of nitrogen functional groups attached to an aromatic ring is 2. The van der Waals surface area contributed by atoms with Gasteiger partial charge in [0, 0.05) is 6.07 Å². The van der Waals surface area contributed by atoms with Crippen molar-refractivity contribution in [3.8, 4) is 6.07 Å². The molecular formula is C6H6N4. The van der Waals surface area contributed by atoms with E-state index in [1.165, 1.54) is 12.3 Å². The van der Waals surface area contributed by atoms with Gasteiger partial charge in [-0.25, -0.2) is 4.98 Å². The van der Waals surface area contributed by atoms with Gasteiger partial charge in [-0.2, -0.15) is 5.26 Å². The fraction of sp³-hybridized carbons (Fsp3) is 0. The lowest BCUT2D eigenvalue weighted by Crippen LogP contribution is -1.95. The zero-order valence-electron chi connectivity index (χ0n) is 5.20. The van der Waals surface area contributed by atoms with Crippen LogP contribution in [-0.4, -0.2) is 4.98 Å². The fourth-order valence-electron chi connectivity index (χ4n) is 0.579. The van der Waals surface area contributed by atoms with Crippen LogP contribution in [0, 0.1) is 11.3 Å². The second kappa shape index (κ2) is 2.23. The van der Waals surface area contributed by atoms with Gasteiger partial charge in [-0.05, 0) is 0 Å². The minimum absolute atomic E-state index is 0.311. The van der Waals surface area contributed by atoms with Crippen LogP contribution in [0.3, 0.4) is 0 Å². The SMILES string of the molecule is N#Cc1cc(N)ncc1N. The first-order chi connectivity index (χ1) is 4.74. The van der Waals surface area contributed by atoms with E-state index in [9.17, 15) is 0 Å². The maximum atomic E-state index is 8.43. The van der Waals surface area contributed by atoms with Crippen molar-refractivity contribution in [1.82, 2.24) is 4.98 Å². The maximum absolute atomic E-state index is 8.43. The van der Waals surface area contributed by atoms with E-state index in [2.05, 4.69) is 4.98 Å². The van der Waals surface area contributed by atoms with E-state index in [-0.39, 0.29) is 0 Å². The molecule has 0 fully saturated rings. The van der Waals surface area contributed by atoms with Crippen molar-refractivity contribution in [1.29, 1.82) is 5.26 Å². The molecule has 0 radical (unpaired) electrons. The molecule has 1 aromatic rings. The molecule has 0 amide bonds. The van der Waals surface area contributed by atoms with Gasteiger partial charge in [-0.15, -0.1) is 0 Å². The zero-order chi connectivity index (χ0) is 7.56. The highest BCUT2D eigenvalue weighted by atomic mass is 14.8. The Balaban J connectivity index is 3.25. The van der Waals surface area contributed by atoms with Gasteiger partial charge in [0.2, 0.25) is 0 Å². The van der Waals surface area contributed by atoms with Crippen molar-refractivity contribution in [3.63, 3.8) is 0 Å². The van der Waals surface area contributed by atoms with E-state index in [1.54, 1.807) is 0 Å². The number of hydrogen-bond donors (Lipinski definition) is 2. The summed E-state index contributed by atoms with van der Waals surface area (Å²) in [6.45, 7) is 0. The molecule has 0 aliphatic heterocycles. The van der Waals surface area contributed by atoms with Crippen LogP contribution in [-0.2, 0) is 0 Å². The van der Waals surface area contributed by atoms with Crippen LogP contribution >= 0.6 is 0 Å². The number of aromatic nitrogens is 1. The zero-order valence-corrected chi connectivity index (χ0v) is 5.20. The van der Waals surface area contributed by atoms with Crippen LogP contribution in [0.15, 0.2) is 12.3 Å². The summed E-state index contributed by atoms with van der Waals surface area (Å²) in [7, 11) is 0. The second-order valence-electron chi connectivity index (χ2n) is 1.81. The largest absolute Gasteiger partial charge is 0.396 e. The highest BCUT2D eigenvalue weighted by Gasteiger charge is 1.96. The van der Waals surface area contributed by atoms with Gasteiger partial charge in [0.25, 0.3) is 0 Å². The lowest BCUT2D eigenvalue weighted by molar-refractivity contribution is 1.32. The van der Waals surface area contributed by atoms with E-state index in [4.69, 9.17) is 16.7 Å². The Morgan fingerprint density at radius 3 is 2.70 bits per heavy atom. The number of nitrogens with zero attached hydrogens (tertiary/aromatic N) is 2. The summed E-state index contributed by atoms with van der Waals surface area (Å²) in [4.78, 5) is 3.69. The summed E-state index contributed by atoms with van der Waals surface area (Å²) in [5.74, 6) is 0.311. The van der Waals surface area contributed by atoms with Gasteiger partial charge in [0.1, 0.15) is 11.9 Å². The molecule has 4 N–H and O–H groups in total. The highest BCUT2D eigenvalue weighted by molar-refractivity contribution is 5.56. The van der Waals surface area contributed by atoms with Crippen LogP contribution in [0.1, 0.15) is 5.56 Å². The molecule has 0 unspecified atom stereocenters. The van der Waals surface area contributed by atoms with Gasteiger partial charge in [0.05, 0.1) is 17.4 Å². The van der Waals surface area contributed by atoms with Crippen molar-refractivity contribution in [3.05, 3.63) is 17.8 Å². The Morgan fingerprint density at radius 2 is 2.20 bits per heavy atom. The molecule has 0 spiro atoms. The summed E-state index contributed by atoms with van der Waals surface area (Å²) >= 11 is 0. The molecule has 0 saturated heterocycles. The molecule has 1 aromatic heterocycles. The molecule has 1 rings (SSSR count). The number of hydrogen-bond acceptors (Lipinski definition) is 4. The first-order valence-corrected chi connectivity index (χ1v) is 2.65. The van der Waals surface area contributed by atoms with Gasteiger partial charge in [0.15, 0.2) is 0 Å². The lowest BCUT2D eigenvalue weighted by atomic mass is 10.2. The molecule has 4 nitrogen and oxygen atoms in total. The van der Waals surface area contributed by atoms with Crippen molar-refractivity contribution in [2.75, 3.05) is 11.5 Å². The topological polar surface area (TPSA) is 88.7 Å². The Hall–Kier alpha value is -1.76. The van der Waals surface area contributed by atoms with Crippen molar-refractivity contribution >= 4 is 11.5 Å². The van der Waals surface area contributed by atoms with E-state index in [0.717, 1.165) is 0 Å². The molecule has 1 heterocycles. The van der Waals surface area contributed by atoms with Gasteiger partial charge < -0.3 is 11.5 Å². The average molecular weight is 134 g/mol. The Kier molecular flexibility index (Phi) is 1.42. The number of anilines is 2. The van der Waals surface area contributed by atoms with Gasteiger partial charge >= 0.3 is 0 Å². The van der Waals surface area contributed by atoms with Crippen molar-refractivity contribution in [2.45, 2.75) is 0 Å². The number of nitriles is 1. The monoisotopic (exact) mass is 134 g/mol. The minimum Gasteiger partial charge on any atom is -0.396 e. The van der Waals surface area contributed by atoms with Gasteiger partial charge in [-0.1, -0.05) is 0 Å².